The molecule has 5 nitrogen and oxygen atoms in total. The van der Waals surface area contributed by atoms with Crippen LogP contribution in [0.4, 0.5) is 0 Å². The van der Waals surface area contributed by atoms with E-state index in [9.17, 15) is 4.79 Å². The molecule has 1 aliphatic carbocycles. The highest BCUT2D eigenvalue weighted by molar-refractivity contribution is 7.18. The van der Waals surface area contributed by atoms with Gasteiger partial charge in [-0.1, -0.05) is 12.1 Å². The topological polar surface area (TPSA) is 68.0 Å². The highest BCUT2D eigenvalue weighted by Crippen LogP contribution is 2.44. The number of hydrogen-bond acceptors (Lipinski definition) is 4. The largest absolute Gasteiger partial charge is 0.476 e. The lowest BCUT2D eigenvalue weighted by Crippen LogP contribution is -1.99. The number of fused-ring (bicyclic) bond motifs is 1. The van der Waals surface area contributed by atoms with Gasteiger partial charge in [0.05, 0.1) is 20.9 Å². The van der Waals surface area contributed by atoms with Gasteiger partial charge in [0, 0.05) is 18.5 Å². The molecular formula is C15H13N3O2S. The second-order valence-corrected chi connectivity index (χ2v) is 6.38. The number of hydrogen-bond donors (Lipinski definition) is 1. The van der Waals surface area contributed by atoms with Crippen molar-refractivity contribution in [2.45, 2.75) is 18.8 Å². The van der Waals surface area contributed by atoms with Crippen molar-refractivity contribution in [3.05, 3.63) is 35.0 Å². The van der Waals surface area contributed by atoms with Crippen LogP contribution in [0.5, 0.6) is 0 Å². The fraction of sp³-hybridized carbons (Fsp3) is 0.267. The Kier molecular flexibility index (Phi) is 2.62. The summed E-state index contributed by atoms with van der Waals surface area (Å²) in [5.41, 5.74) is 2.73. The van der Waals surface area contributed by atoms with Crippen LogP contribution in [0, 0.1) is 0 Å². The number of nitrogens with zero attached hydrogens (tertiary/aromatic N) is 3. The number of aromatic nitrogens is 3. The smallest absolute Gasteiger partial charge is 0.356 e. The van der Waals surface area contributed by atoms with Crippen LogP contribution >= 0.6 is 11.3 Å². The predicted octanol–water partition coefficient (Wildman–Crippen LogP) is 3.27. The Hall–Kier alpha value is -2.21. The molecule has 0 amide bonds. The number of aryl methyl sites for hydroxylation is 1. The number of rotatable bonds is 3. The maximum atomic E-state index is 11.1. The monoisotopic (exact) mass is 299 g/mol. The lowest BCUT2D eigenvalue weighted by atomic mass is 10.1. The van der Waals surface area contributed by atoms with Gasteiger partial charge in [0.1, 0.15) is 0 Å². The molecule has 4 rings (SSSR count). The minimum Gasteiger partial charge on any atom is -0.476 e. The second-order valence-electron chi connectivity index (χ2n) is 5.32. The fourth-order valence-electron chi connectivity index (χ4n) is 2.50. The van der Waals surface area contributed by atoms with E-state index in [0.29, 0.717) is 5.92 Å². The number of para-hydroxylation sites is 1. The summed E-state index contributed by atoms with van der Waals surface area (Å²) in [4.78, 5) is 15.8. The zero-order chi connectivity index (χ0) is 14.6. The Morgan fingerprint density at radius 1 is 1.43 bits per heavy atom. The average molecular weight is 299 g/mol. The summed E-state index contributed by atoms with van der Waals surface area (Å²) in [7, 11) is 1.76. The molecule has 0 spiro atoms. The van der Waals surface area contributed by atoms with Crippen LogP contribution in [0.25, 0.3) is 21.5 Å². The number of thiazole rings is 1. The molecule has 1 aromatic carbocycles. The Balaban J connectivity index is 1.91. The van der Waals surface area contributed by atoms with Gasteiger partial charge >= 0.3 is 5.97 Å². The van der Waals surface area contributed by atoms with E-state index in [1.165, 1.54) is 17.8 Å². The summed E-state index contributed by atoms with van der Waals surface area (Å²) >= 11 is 1.74. The molecule has 1 N–H and O–H groups in total. The molecule has 1 fully saturated rings. The molecule has 0 radical (unpaired) electrons. The first kappa shape index (κ1) is 12.5. The maximum Gasteiger partial charge on any atom is 0.356 e. The summed E-state index contributed by atoms with van der Waals surface area (Å²) < 4.78 is 2.75. The molecule has 2 heterocycles. The SMILES string of the molecule is Cn1nc(C(=O)O)cc1-c1cccc2sc(C3CC3)nc12. The number of aromatic carboxylic acids is 1. The fourth-order valence-corrected chi connectivity index (χ4v) is 3.66. The minimum atomic E-state index is -1.01. The molecule has 1 aliphatic rings. The third-order valence-electron chi connectivity index (χ3n) is 3.74. The first-order valence-electron chi connectivity index (χ1n) is 6.80. The first-order chi connectivity index (χ1) is 10.1. The van der Waals surface area contributed by atoms with E-state index in [4.69, 9.17) is 10.1 Å². The quantitative estimate of drug-likeness (QED) is 0.806. The van der Waals surface area contributed by atoms with E-state index < -0.39 is 5.97 Å². The van der Waals surface area contributed by atoms with Gasteiger partial charge in [-0.05, 0) is 25.0 Å². The van der Waals surface area contributed by atoms with Gasteiger partial charge in [0.25, 0.3) is 0 Å². The van der Waals surface area contributed by atoms with Crippen molar-refractivity contribution in [3.8, 4) is 11.3 Å². The molecule has 0 bridgehead atoms. The Labute approximate surface area is 124 Å². The van der Waals surface area contributed by atoms with Crippen molar-refractivity contribution in [1.29, 1.82) is 0 Å². The second kappa shape index (κ2) is 4.39. The third-order valence-corrected chi connectivity index (χ3v) is 4.92. The summed E-state index contributed by atoms with van der Waals surface area (Å²) in [5, 5.41) is 14.3. The van der Waals surface area contributed by atoms with Gasteiger partial charge in [-0.3, -0.25) is 4.68 Å². The van der Waals surface area contributed by atoms with Crippen LogP contribution in [-0.2, 0) is 7.05 Å². The molecule has 0 unspecified atom stereocenters. The van der Waals surface area contributed by atoms with Crippen LogP contribution in [0.15, 0.2) is 24.3 Å². The highest BCUT2D eigenvalue weighted by Gasteiger charge is 2.27. The van der Waals surface area contributed by atoms with E-state index in [-0.39, 0.29) is 5.69 Å². The minimum absolute atomic E-state index is 0.0575. The summed E-state index contributed by atoms with van der Waals surface area (Å²) in [6.45, 7) is 0. The number of carboxylic acids is 1. The van der Waals surface area contributed by atoms with Gasteiger partial charge in [0.15, 0.2) is 5.69 Å². The van der Waals surface area contributed by atoms with Crippen LogP contribution in [0.2, 0.25) is 0 Å². The van der Waals surface area contributed by atoms with E-state index in [2.05, 4.69) is 11.2 Å². The number of carbonyl (C=O) groups is 1. The van der Waals surface area contributed by atoms with Crippen molar-refractivity contribution >= 4 is 27.5 Å². The normalized spacial score (nSPS) is 14.7. The predicted molar refractivity (Wildman–Crippen MR) is 80.8 cm³/mol. The summed E-state index contributed by atoms with van der Waals surface area (Å²) in [6.07, 6.45) is 2.45. The molecule has 0 atom stereocenters. The summed E-state index contributed by atoms with van der Waals surface area (Å²) in [5.74, 6) is -0.391. The molecule has 21 heavy (non-hydrogen) atoms. The van der Waals surface area contributed by atoms with Crippen molar-refractivity contribution in [3.63, 3.8) is 0 Å². The van der Waals surface area contributed by atoms with Crippen molar-refractivity contribution in [2.24, 2.45) is 7.05 Å². The number of benzene rings is 1. The Morgan fingerprint density at radius 3 is 2.90 bits per heavy atom. The van der Waals surface area contributed by atoms with Crippen LogP contribution in [0.3, 0.4) is 0 Å². The average Bonchev–Trinajstić information content (AvgIpc) is 3.09. The molecule has 2 aromatic heterocycles. The lowest BCUT2D eigenvalue weighted by Gasteiger charge is -2.02. The van der Waals surface area contributed by atoms with Crippen molar-refractivity contribution in [1.82, 2.24) is 14.8 Å². The summed E-state index contributed by atoms with van der Waals surface area (Å²) in [6, 6.07) is 7.63. The molecule has 0 aliphatic heterocycles. The lowest BCUT2D eigenvalue weighted by molar-refractivity contribution is 0.0689. The van der Waals surface area contributed by atoms with E-state index in [1.54, 1.807) is 29.1 Å². The van der Waals surface area contributed by atoms with E-state index in [0.717, 1.165) is 21.5 Å². The molecule has 1 saturated carbocycles. The highest BCUT2D eigenvalue weighted by atomic mass is 32.1. The van der Waals surface area contributed by atoms with Crippen LogP contribution < -0.4 is 0 Å². The molecule has 3 aromatic rings. The van der Waals surface area contributed by atoms with Crippen molar-refractivity contribution in [2.75, 3.05) is 0 Å². The molecular weight excluding hydrogens is 286 g/mol. The Morgan fingerprint density at radius 2 is 2.24 bits per heavy atom. The van der Waals surface area contributed by atoms with Gasteiger partial charge in [0.2, 0.25) is 0 Å². The molecule has 6 heteroatoms. The zero-order valence-electron chi connectivity index (χ0n) is 11.4. The van der Waals surface area contributed by atoms with Gasteiger partial charge < -0.3 is 5.11 Å². The van der Waals surface area contributed by atoms with Crippen LogP contribution in [-0.4, -0.2) is 25.8 Å². The molecule has 106 valence electrons. The van der Waals surface area contributed by atoms with E-state index in [1.807, 2.05) is 12.1 Å². The first-order valence-corrected chi connectivity index (χ1v) is 7.62. The zero-order valence-corrected chi connectivity index (χ0v) is 12.2. The van der Waals surface area contributed by atoms with Gasteiger partial charge in [-0.15, -0.1) is 11.3 Å². The van der Waals surface area contributed by atoms with Crippen molar-refractivity contribution < 1.29 is 9.90 Å². The van der Waals surface area contributed by atoms with Gasteiger partial charge in [-0.25, -0.2) is 9.78 Å². The van der Waals surface area contributed by atoms with Gasteiger partial charge in [-0.2, -0.15) is 5.10 Å². The Bertz CT molecular complexity index is 861. The standard InChI is InChI=1S/C15H13N3O2S/c1-18-11(7-10(17-18)15(19)20)9-3-2-4-12-13(9)16-14(21-12)8-5-6-8/h2-4,7-8H,5-6H2,1H3,(H,19,20). The van der Waals surface area contributed by atoms with E-state index >= 15 is 0 Å². The number of carboxylic acid groups (broad SMARTS) is 1. The van der Waals surface area contributed by atoms with Crippen LogP contribution in [0.1, 0.15) is 34.3 Å². The third kappa shape index (κ3) is 2.03. The molecule has 0 saturated heterocycles. The maximum absolute atomic E-state index is 11.1.